The Kier molecular flexibility index (Phi) is 8.12. The number of nitrogens with zero attached hydrogens (tertiary/aromatic N) is 2. The smallest absolute Gasteiger partial charge is 0.412 e. The molecule has 2 aliphatic carbocycles. The number of ether oxygens (including phenoxy) is 1. The molecule has 3 aliphatic rings. The van der Waals surface area contributed by atoms with Crippen molar-refractivity contribution in [3.05, 3.63) is 59.7 Å². The topological polar surface area (TPSA) is 117 Å². The first-order valence-corrected chi connectivity index (χ1v) is 13.7. The van der Waals surface area contributed by atoms with Crippen LogP contribution in [0, 0.1) is 5.92 Å². The van der Waals surface area contributed by atoms with Crippen LogP contribution in [0.3, 0.4) is 0 Å². The number of hydrogen-bond acceptors (Lipinski definition) is 6. The number of anilines is 2. The van der Waals surface area contributed by atoms with Crippen molar-refractivity contribution in [1.29, 1.82) is 0 Å². The third-order valence-corrected chi connectivity index (χ3v) is 7.67. The van der Waals surface area contributed by atoms with Crippen LogP contribution in [0.4, 0.5) is 16.2 Å². The maximum Gasteiger partial charge on any atom is 0.412 e. The summed E-state index contributed by atoms with van der Waals surface area (Å²) in [5, 5.41) is 5.99. The Morgan fingerprint density at radius 2 is 1.61 bits per heavy atom. The molecule has 2 aromatic rings. The Hall–Kier alpha value is -3.59. The van der Waals surface area contributed by atoms with Gasteiger partial charge in [0.25, 0.3) is 5.91 Å². The average Bonchev–Trinajstić information content (AvgIpc) is 3.79. The molecule has 9 nitrogen and oxygen atoms in total. The summed E-state index contributed by atoms with van der Waals surface area (Å²) in [6.45, 7) is 2.73. The second kappa shape index (κ2) is 11.9. The molecule has 0 atom stereocenters. The first-order chi connectivity index (χ1) is 18.5. The fourth-order valence-electron chi connectivity index (χ4n) is 5.21. The molecule has 5 rings (SSSR count). The number of rotatable bonds is 7. The molecule has 2 aromatic carbocycles. The summed E-state index contributed by atoms with van der Waals surface area (Å²) >= 11 is 0. The van der Waals surface area contributed by atoms with E-state index in [1.807, 2.05) is 41.3 Å². The largest absolute Gasteiger partial charge is 0.444 e. The fourth-order valence-corrected chi connectivity index (χ4v) is 5.21. The fraction of sp³-hybridized carbons (Fsp3) is 0.483. The lowest BCUT2D eigenvalue weighted by Gasteiger charge is -2.37. The van der Waals surface area contributed by atoms with Crippen molar-refractivity contribution in [3.8, 4) is 0 Å². The standard InChI is InChI=1S/C29H37N5O4/c30-23-9-11-24(12-10-23)31-27(35)22-8-13-26(33-14-16-34(17-15-33)28(36)21-6-7-21)25(18-22)32-29(37)38-19-20-4-2-1-3-5-20/h1-5,8,13,18,21,23-24H,6-7,9-12,14-17,19,30H2,(H,31,35)(H,32,37). The molecule has 4 N–H and O–H groups in total. The van der Waals surface area contributed by atoms with Crippen LogP contribution >= 0.6 is 0 Å². The molecule has 1 aliphatic heterocycles. The Morgan fingerprint density at radius 1 is 0.895 bits per heavy atom. The second-order valence-corrected chi connectivity index (χ2v) is 10.6. The minimum atomic E-state index is -0.587. The van der Waals surface area contributed by atoms with Crippen LogP contribution in [0.5, 0.6) is 0 Å². The normalized spacial score (nSPS) is 21.5. The summed E-state index contributed by atoms with van der Waals surface area (Å²) in [6.07, 6.45) is 4.94. The van der Waals surface area contributed by atoms with E-state index >= 15 is 0 Å². The molecule has 0 radical (unpaired) electrons. The number of nitrogens with one attached hydrogen (secondary N) is 2. The summed E-state index contributed by atoms with van der Waals surface area (Å²) in [7, 11) is 0. The molecule has 9 heteroatoms. The Labute approximate surface area is 223 Å². The lowest BCUT2D eigenvalue weighted by atomic mass is 9.91. The second-order valence-electron chi connectivity index (χ2n) is 10.6. The van der Waals surface area contributed by atoms with Gasteiger partial charge in [-0.15, -0.1) is 0 Å². The summed E-state index contributed by atoms with van der Waals surface area (Å²) in [4.78, 5) is 42.4. The number of carbonyl (C=O) groups excluding carboxylic acids is 3. The van der Waals surface area contributed by atoms with E-state index in [1.54, 1.807) is 12.1 Å². The highest BCUT2D eigenvalue weighted by molar-refractivity contribution is 5.99. The van der Waals surface area contributed by atoms with E-state index in [2.05, 4.69) is 15.5 Å². The highest BCUT2D eigenvalue weighted by Crippen LogP contribution is 2.33. The molecular formula is C29H37N5O4. The zero-order chi connectivity index (χ0) is 26.5. The lowest BCUT2D eigenvalue weighted by molar-refractivity contribution is -0.132. The van der Waals surface area contributed by atoms with Gasteiger partial charge in [0.1, 0.15) is 6.61 Å². The highest BCUT2D eigenvalue weighted by atomic mass is 16.5. The molecule has 38 heavy (non-hydrogen) atoms. The minimum Gasteiger partial charge on any atom is -0.444 e. The van der Waals surface area contributed by atoms with Crippen molar-refractivity contribution in [2.75, 3.05) is 36.4 Å². The zero-order valence-electron chi connectivity index (χ0n) is 21.7. The van der Waals surface area contributed by atoms with Crippen LogP contribution in [-0.4, -0.2) is 61.1 Å². The van der Waals surface area contributed by atoms with E-state index in [9.17, 15) is 14.4 Å². The average molecular weight is 520 g/mol. The van der Waals surface area contributed by atoms with Gasteiger partial charge in [-0.25, -0.2) is 4.79 Å². The predicted octanol–water partition coefficient (Wildman–Crippen LogP) is 3.49. The van der Waals surface area contributed by atoms with Crippen LogP contribution in [0.15, 0.2) is 48.5 Å². The van der Waals surface area contributed by atoms with Crippen LogP contribution in [-0.2, 0) is 16.1 Å². The first kappa shape index (κ1) is 26.0. The summed E-state index contributed by atoms with van der Waals surface area (Å²) in [5.41, 5.74) is 8.69. The van der Waals surface area contributed by atoms with Crippen molar-refractivity contribution < 1.29 is 19.1 Å². The predicted molar refractivity (Wildman–Crippen MR) is 146 cm³/mol. The van der Waals surface area contributed by atoms with E-state index in [1.165, 1.54) is 0 Å². The Morgan fingerprint density at radius 3 is 2.29 bits per heavy atom. The van der Waals surface area contributed by atoms with E-state index in [0.717, 1.165) is 49.8 Å². The molecule has 3 amide bonds. The van der Waals surface area contributed by atoms with Crippen molar-refractivity contribution >= 4 is 29.3 Å². The van der Waals surface area contributed by atoms with Crippen molar-refractivity contribution in [3.63, 3.8) is 0 Å². The maximum absolute atomic E-state index is 13.1. The van der Waals surface area contributed by atoms with Crippen LogP contribution in [0.2, 0.25) is 0 Å². The number of nitrogens with two attached hydrogens (primary N) is 1. The molecule has 0 bridgehead atoms. The molecule has 3 fully saturated rings. The molecule has 0 aromatic heterocycles. The van der Waals surface area contributed by atoms with Gasteiger partial charge in [0.05, 0.1) is 11.4 Å². The van der Waals surface area contributed by atoms with Gasteiger partial charge in [-0.2, -0.15) is 0 Å². The van der Waals surface area contributed by atoms with E-state index in [-0.39, 0.29) is 36.4 Å². The molecule has 0 unspecified atom stereocenters. The molecule has 2 saturated carbocycles. The number of piperazine rings is 1. The Balaban J connectivity index is 1.28. The number of amides is 3. The minimum absolute atomic E-state index is 0.103. The van der Waals surface area contributed by atoms with Crippen molar-refractivity contribution in [1.82, 2.24) is 10.2 Å². The maximum atomic E-state index is 13.1. The zero-order valence-corrected chi connectivity index (χ0v) is 21.7. The molecule has 1 heterocycles. The number of carbonyl (C=O) groups is 3. The van der Waals surface area contributed by atoms with Gasteiger partial charge in [0.15, 0.2) is 0 Å². The van der Waals surface area contributed by atoms with Crippen LogP contribution < -0.4 is 21.3 Å². The lowest BCUT2D eigenvalue weighted by Crippen LogP contribution is -2.49. The molecule has 202 valence electrons. The van der Waals surface area contributed by atoms with Crippen LogP contribution in [0.1, 0.15) is 54.4 Å². The number of benzene rings is 2. The Bertz CT molecular complexity index is 1140. The summed E-state index contributed by atoms with van der Waals surface area (Å²) < 4.78 is 5.45. The van der Waals surface area contributed by atoms with Gasteiger partial charge >= 0.3 is 6.09 Å². The van der Waals surface area contributed by atoms with E-state index in [4.69, 9.17) is 10.5 Å². The first-order valence-electron chi connectivity index (χ1n) is 13.7. The highest BCUT2D eigenvalue weighted by Gasteiger charge is 2.35. The third kappa shape index (κ3) is 6.64. The summed E-state index contributed by atoms with van der Waals surface area (Å²) in [5.74, 6) is 0.289. The molecule has 0 spiro atoms. The quantitative estimate of drug-likeness (QED) is 0.516. The molecule has 1 saturated heterocycles. The third-order valence-electron chi connectivity index (χ3n) is 7.67. The number of hydrogen-bond donors (Lipinski definition) is 3. The van der Waals surface area contributed by atoms with Gasteiger partial charge in [-0.05, 0) is 62.3 Å². The van der Waals surface area contributed by atoms with Gasteiger partial charge in [-0.1, -0.05) is 30.3 Å². The van der Waals surface area contributed by atoms with Gasteiger partial charge in [0, 0.05) is 49.7 Å². The SMILES string of the molecule is NC1CCC(NC(=O)c2ccc(N3CCN(C(=O)C4CC4)CC3)c(NC(=O)OCc3ccccc3)c2)CC1. The van der Waals surface area contributed by atoms with Gasteiger partial charge in [-0.3, -0.25) is 14.9 Å². The van der Waals surface area contributed by atoms with Crippen LogP contribution in [0.25, 0.3) is 0 Å². The van der Waals surface area contributed by atoms with Crippen molar-refractivity contribution in [2.24, 2.45) is 11.7 Å². The van der Waals surface area contributed by atoms with Gasteiger partial charge in [0.2, 0.25) is 5.91 Å². The van der Waals surface area contributed by atoms with E-state index in [0.29, 0.717) is 37.4 Å². The van der Waals surface area contributed by atoms with Crippen molar-refractivity contribution in [2.45, 2.75) is 57.2 Å². The van der Waals surface area contributed by atoms with E-state index < -0.39 is 6.09 Å². The monoisotopic (exact) mass is 519 g/mol. The molecular weight excluding hydrogens is 482 g/mol. The van der Waals surface area contributed by atoms with Gasteiger partial charge < -0.3 is 25.6 Å². The summed E-state index contributed by atoms with van der Waals surface area (Å²) in [6, 6.07) is 15.2.